The van der Waals surface area contributed by atoms with Gasteiger partial charge in [0.05, 0.1) is 0 Å². The summed E-state index contributed by atoms with van der Waals surface area (Å²) in [6.45, 7) is 22.2. The molecular formula is C70H64N4. The van der Waals surface area contributed by atoms with Gasteiger partial charge in [-0.15, -0.1) is 0 Å². The highest BCUT2D eigenvalue weighted by molar-refractivity contribution is 5.93. The molecule has 10 aromatic carbocycles. The van der Waals surface area contributed by atoms with E-state index in [1.165, 1.54) is 44.5 Å². The van der Waals surface area contributed by atoms with Gasteiger partial charge in [0.1, 0.15) is 0 Å². The minimum atomic E-state index is 0.886. The molecule has 0 aliphatic carbocycles. The zero-order valence-corrected chi connectivity index (χ0v) is 43.9. The van der Waals surface area contributed by atoms with Gasteiger partial charge in [0, 0.05) is 68.2 Å². The fraction of sp³-hybridized carbons (Fsp3) is 0.114. The lowest BCUT2D eigenvalue weighted by atomic mass is 9.95. The molecule has 0 aliphatic heterocycles. The fourth-order valence-corrected chi connectivity index (χ4v) is 9.56. The highest BCUT2D eigenvalue weighted by atomic mass is 15.2. The molecule has 0 heterocycles. The fourth-order valence-electron chi connectivity index (χ4n) is 9.56. The highest BCUT2D eigenvalue weighted by Gasteiger charge is 2.24. The molecule has 0 radical (unpaired) electrons. The molecule has 0 aromatic heterocycles. The Kier molecular flexibility index (Phi) is 13.9. The average molecular weight is 961 g/mol. The third-order valence-corrected chi connectivity index (χ3v) is 13.9. The van der Waals surface area contributed by atoms with Crippen LogP contribution in [0.15, 0.2) is 237 Å². The standard InChI is InChI=1S/C70H64N4/c1-48-10-26-59(27-11-48)71(60-28-12-49(2)13-29-60)67-42-57(43-68(46-67)72(61-30-14-50(3)15-31-61)62-32-16-51(4)17-33-62)56(9)58-44-69(73(63-34-18-52(5)19-35-63)64-36-20-53(6)21-37-64)47-70(45-58)74(65-38-22-54(7)23-39-65)66-40-24-55(8)25-41-66/h10-47H,9H2,1-8H3. The minimum Gasteiger partial charge on any atom is -0.310 e. The molecule has 0 bridgehead atoms. The van der Waals surface area contributed by atoms with Crippen molar-refractivity contribution in [1.29, 1.82) is 0 Å². The van der Waals surface area contributed by atoms with E-state index >= 15 is 0 Å². The second kappa shape index (κ2) is 21.1. The quantitative estimate of drug-likeness (QED) is 0.108. The van der Waals surface area contributed by atoms with Gasteiger partial charge in [0.2, 0.25) is 0 Å². The van der Waals surface area contributed by atoms with Gasteiger partial charge in [-0.2, -0.15) is 0 Å². The number of nitrogens with zero attached hydrogens (tertiary/aromatic N) is 4. The summed E-state index contributed by atoms with van der Waals surface area (Å²) in [5.74, 6) is 0. The molecule has 364 valence electrons. The van der Waals surface area contributed by atoms with Gasteiger partial charge < -0.3 is 19.6 Å². The van der Waals surface area contributed by atoms with E-state index < -0.39 is 0 Å². The van der Waals surface area contributed by atoms with Crippen molar-refractivity contribution in [1.82, 2.24) is 0 Å². The molecule has 0 atom stereocenters. The zero-order valence-electron chi connectivity index (χ0n) is 43.9. The lowest BCUT2D eigenvalue weighted by molar-refractivity contribution is 1.23. The Morgan fingerprint density at radius 2 is 0.338 bits per heavy atom. The van der Waals surface area contributed by atoms with Crippen LogP contribution >= 0.6 is 0 Å². The van der Waals surface area contributed by atoms with Gasteiger partial charge in [-0.1, -0.05) is 148 Å². The van der Waals surface area contributed by atoms with Crippen molar-refractivity contribution in [2.75, 3.05) is 19.6 Å². The lowest BCUT2D eigenvalue weighted by Crippen LogP contribution is -2.15. The maximum Gasteiger partial charge on any atom is 0.0488 e. The van der Waals surface area contributed by atoms with Crippen LogP contribution in [-0.4, -0.2) is 0 Å². The van der Waals surface area contributed by atoms with Crippen LogP contribution in [0.25, 0.3) is 5.57 Å². The largest absolute Gasteiger partial charge is 0.310 e. The SMILES string of the molecule is C=C(c1cc(N(c2ccc(C)cc2)c2ccc(C)cc2)cc(N(c2ccc(C)cc2)c2ccc(C)cc2)c1)c1cc(N(c2ccc(C)cc2)c2ccc(C)cc2)cc(N(c2ccc(C)cc2)c2ccc(C)cc2)c1. The maximum atomic E-state index is 5.10. The first kappa shape index (κ1) is 48.8. The Labute approximate surface area is 439 Å². The molecule has 10 rings (SSSR count). The van der Waals surface area contributed by atoms with Crippen molar-refractivity contribution < 1.29 is 0 Å². The summed E-state index contributed by atoms with van der Waals surface area (Å²) < 4.78 is 0. The molecule has 0 amide bonds. The third-order valence-electron chi connectivity index (χ3n) is 13.9. The van der Waals surface area contributed by atoms with E-state index in [-0.39, 0.29) is 0 Å². The molecule has 10 aromatic rings. The molecule has 4 nitrogen and oxygen atoms in total. The van der Waals surface area contributed by atoms with Gasteiger partial charge in [0.25, 0.3) is 0 Å². The number of benzene rings is 10. The van der Waals surface area contributed by atoms with Gasteiger partial charge >= 0.3 is 0 Å². The predicted molar refractivity (Wildman–Crippen MR) is 318 cm³/mol. The van der Waals surface area contributed by atoms with E-state index in [1.54, 1.807) is 0 Å². The molecule has 0 fully saturated rings. The van der Waals surface area contributed by atoms with Crippen LogP contribution in [0, 0.1) is 55.4 Å². The maximum absolute atomic E-state index is 5.10. The second-order valence-corrected chi connectivity index (χ2v) is 20.0. The van der Waals surface area contributed by atoms with Crippen molar-refractivity contribution in [2.24, 2.45) is 0 Å². The summed E-state index contributed by atoms with van der Waals surface area (Å²) in [4.78, 5) is 9.49. The van der Waals surface area contributed by atoms with Crippen LogP contribution in [0.5, 0.6) is 0 Å². The summed E-state index contributed by atoms with van der Waals surface area (Å²) in [5.41, 5.74) is 25.0. The van der Waals surface area contributed by atoms with Gasteiger partial charge in [-0.05, 0) is 206 Å². The van der Waals surface area contributed by atoms with E-state index in [2.05, 4.69) is 306 Å². The lowest BCUT2D eigenvalue weighted by Gasteiger charge is -2.32. The molecule has 4 heteroatoms. The van der Waals surface area contributed by atoms with E-state index in [4.69, 9.17) is 6.58 Å². The number of hydrogen-bond donors (Lipinski definition) is 0. The normalized spacial score (nSPS) is 11.0. The van der Waals surface area contributed by atoms with Crippen molar-refractivity contribution in [2.45, 2.75) is 55.4 Å². The van der Waals surface area contributed by atoms with Crippen molar-refractivity contribution >= 4 is 73.8 Å². The molecule has 0 saturated carbocycles. The zero-order chi connectivity index (χ0) is 51.5. The van der Waals surface area contributed by atoms with Crippen LogP contribution in [0.2, 0.25) is 0 Å². The van der Waals surface area contributed by atoms with Gasteiger partial charge in [0.15, 0.2) is 0 Å². The van der Waals surface area contributed by atoms with E-state index in [1.807, 2.05) is 0 Å². The summed E-state index contributed by atoms with van der Waals surface area (Å²) in [6.07, 6.45) is 0. The summed E-state index contributed by atoms with van der Waals surface area (Å²) in [6, 6.07) is 84.6. The predicted octanol–water partition coefficient (Wildman–Crippen LogP) is 20.1. The molecular weight excluding hydrogens is 897 g/mol. The first-order valence-electron chi connectivity index (χ1n) is 25.6. The monoisotopic (exact) mass is 961 g/mol. The molecule has 0 unspecified atom stereocenters. The first-order valence-corrected chi connectivity index (χ1v) is 25.6. The summed E-state index contributed by atoms with van der Waals surface area (Å²) in [7, 11) is 0. The van der Waals surface area contributed by atoms with Gasteiger partial charge in [-0.25, -0.2) is 0 Å². The van der Waals surface area contributed by atoms with E-state index in [0.29, 0.717) is 0 Å². The summed E-state index contributed by atoms with van der Waals surface area (Å²) >= 11 is 0. The van der Waals surface area contributed by atoms with E-state index in [9.17, 15) is 0 Å². The van der Waals surface area contributed by atoms with Crippen molar-refractivity contribution in [3.8, 4) is 0 Å². The Balaban J connectivity index is 1.25. The number of aryl methyl sites for hydroxylation is 8. The Bertz CT molecular complexity index is 2890. The second-order valence-electron chi connectivity index (χ2n) is 20.0. The minimum absolute atomic E-state index is 0.886. The van der Waals surface area contributed by atoms with Gasteiger partial charge in [-0.3, -0.25) is 0 Å². The van der Waals surface area contributed by atoms with Crippen LogP contribution in [-0.2, 0) is 0 Å². The van der Waals surface area contributed by atoms with Crippen LogP contribution in [0.4, 0.5) is 68.2 Å². The van der Waals surface area contributed by atoms with Crippen LogP contribution in [0.1, 0.15) is 55.6 Å². The number of rotatable bonds is 14. The molecule has 74 heavy (non-hydrogen) atoms. The Morgan fingerprint density at radius 3 is 0.473 bits per heavy atom. The van der Waals surface area contributed by atoms with Crippen LogP contribution < -0.4 is 19.6 Å². The van der Waals surface area contributed by atoms with E-state index in [0.717, 1.165) is 84.9 Å². The highest BCUT2D eigenvalue weighted by Crippen LogP contribution is 2.46. The average Bonchev–Trinajstić information content (AvgIpc) is 3.41. The van der Waals surface area contributed by atoms with Crippen molar-refractivity contribution in [3.05, 3.63) is 293 Å². The molecule has 0 N–H and O–H groups in total. The Morgan fingerprint density at radius 1 is 0.203 bits per heavy atom. The molecule has 0 saturated heterocycles. The van der Waals surface area contributed by atoms with Crippen molar-refractivity contribution in [3.63, 3.8) is 0 Å². The Hall–Kier alpha value is -8.86. The van der Waals surface area contributed by atoms with Crippen LogP contribution in [0.3, 0.4) is 0 Å². The number of anilines is 12. The smallest absolute Gasteiger partial charge is 0.0488 e. The molecule has 0 spiro atoms. The number of hydrogen-bond acceptors (Lipinski definition) is 4. The summed E-state index contributed by atoms with van der Waals surface area (Å²) in [5, 5.41) is 0. The topological polar surface area (TPSA) is 13.0 Å². The first-order chi connectivity index (χ1) is 35.8. The third kappa shape index (κ3) is 10.7. The molecule has 0 aliphatic rings.